The van der Waals surface area contributed by atoms with Crippen molar-refractivity contribution in [1.82, 2.24) is 25.1 Å². The minimum absolute atomic E-state index is 0.0959. The Morgan fingerprint density at radius 2 is 2.15 bits per heavy atom. The summed E-state index contributed by atoms with van der Waals surface area (Å²) >= 11 is 0. The van der Waals surface area contributed by atoms with Crippen LogP contribution in [0.4, 0.5) is 17.5 Å². The fraction of sp³-hybridized carbons (Fsp3) is 0.433. The predicted octanol–water partition coefficient (Wildman–Crippen LogP) is 2.94. The smallest absolute Gasteiger partial charge is 0.246 e. The lowest BCUT2D eigenvalue weighted by Crippen LogP contribution is -2.45. The van der Waals surface area contributed by atoms with E-state index >= 15 is 0 Å². The van der Waals surface area contributed by atoms with Gasteiger partial charge in [-0.15, -0.1) is 0 Å². The molecule has 3 N–H and O–H groups in total. The third kappa shape index (κ3) is 7.90. The van der Waals surface area contributed by atoms with Crippen molar-refractivity contribution in [3.63, 3.8) is 0 Å². The lowest BCUT2D eigenvalue weighted by molar-refractivity contribution is -0.135. The molecule has 0 saturated carbocycles. The van der Waals surface area contributed by atoms with E-state index in [9.17, 15) is 9.59 Å². The molecule has 0 spiro atoms. The third-order valence-electron chi connectivity index (χ3n) is 6.60. The Morgan fingerprint density at radius 3 is 2.98 bits per heavy atom. The van der Waals surface area contributed by atoms with E-state index in [1.807, 2.05) is 50.3 Å². The zero-order valence-corrected chi connectivity index (χ0v) is 23.5. The van der Waals surface area contributed by atoms with Crippen molar-refractivity contribution >= 4 is 35.5 Å². The molecule has 2 aromatic rings. The van der Waals surface area contributed by atoms with Crippen molar-refractivity contribution < 1.29 is 9.59 Å². The lowest BCUT2D eigenvalue weighted by atomic mass is 10.1. The Labute approximate surface area is 236 Å². The lowest BCUT2D eigenvalue weighted by Gasteiger charge is -2.22. The second kappa shape index (κ2) is 14.2. The number of likely N-dealkylation sites (tertiary alicyclic amines) is 1. The fourth-order valence-electron chi connectivity index (χ4n) is 4.57. The number of fused-ring (bicyclic) bond motifs is 1. The molecule has 210 valence electrons. The molecule has 2 aliphatic heterocycles. The third-order valence-corrected chi connectivity index (χ3v) is 6.60. The molecule has 1 saturated heterocycles. The number of rotatable bonds is 11. The minimum atomic E-state index is -0.403. The molecule has 1 aromatic carbocycles. The van der Waals surface area contributed by atoms with E-state index in [1.165, 1.54) is 5.56 Å². The van der Waals surface area contributed by atoms with E-state index in [1.54, 1.807) is 17.2 Å². The van der Waals surface area contributed by atoms with Crippen LogP contribution in [0, 0.1) is 11.8 Å². The molecule has 0 bridgehead atoms. The molecule has 40 heavy (non-hydrogen) atoms. The number of anilines is 3. The standard InChI is InChI=1S/C30H38N8O2/c1-4-32-28-23(21-34-30(36-28)35-25-14-13-22-19-31-20-24(22)18-25)10-6-5-7-15-33-29(40)26-11-8-17-38(26)27(39)12-9-16-37(2)3/h9,12-14,18,20-21,26H,4-5,7-8,11,15-17,19H2,1-3H3,(H,33,40)(H2,32,34,35,36)/b12-9+/t26-/m0/s1. The Bertz CT molecular complexity index is 1320. The minimum Gasteiger partial charge on any atom is -0.369 e. The molecule has 10 nitrogen and oxygen atoms in total. The van der Waals surface area contributed by atoms with Crippen molar-refractivity contribution in [2.75, 3.05) is 50.9 Å². The van der Waals surface area contributed by atoms with E-state index in [2.05, 4.69) is 48.8 Å². The van der Waals surface area contributed by atoms with Crippen LogP contribution in [0.25, 0.3) is 0 Å². The highest BCUT2D eigenvalue weighted by atomic mass is 16.2. The van der Waals surface area contributed by atoms with E-state index in [0.29, 0.717) is 57.2 Å². The number of nitrogens with one attached hydrogen (secondary N) is 3. The molecular weight excluding hydrogens is 504 g/mol. The number of carbonyl (C=O) groups excluding carboxylic acids is 2. The number of likely N-dealkylation sites (N-methyl/N-ethyl adjacent to an activating group) is 1. The van der Waals surface area contributed by atoms with E-state index in [-0.39, 0.29) is 11.8 Å². The van der Waals surface area contributed by atoms with Gasteiger partial charge in [-0.1, -0.05) is 24.0 Å². The van der Waals surface area contributed by atoms with Crippen molar-refractivity contribution in [2.45, 2.75) is 45.2 Å². The molecule has 0 radical (unpaired) electrons. The molecule has 0 unspecified atom stereocenters. The molecule has 4 rings (SSSR count). The second-order valence-corrected chi connectivity index (χ2v) is 10.0. The number of nitrogens with zero attached hydrogens (tertiary/aromatic N) is 5. The zero-order valence-electron chi connectivity index (χ0n) is 23.5. The molecule has 0 aliphatic carbocycles. The molecule has 1 aromatic heterocycles. The first kappa shape index (κ1) is 28.8. The van der Waals surface area contributed by atoms with Gasteiger partial charge in [-0.2, -0.15) is 4.98 Å². The average molecular weight is 543 g/mol. The maximum absolute atomic E-state index is 12.7. The summed E-state index contributed by atoms with van der Waals surface area (Å²) in [6.07, 6.45) is 9.85. The summed E-state index contributed by atoms with van der Waals surface area (Å²) in [5, 5.41) is 9.50. The summed E-state index contributed by atoms with van der Waals surface area (Å²) in [6, 6.07) is 5.70. The normalized spacial score (nSPS) is 15.7. The summed E-state index contributed by atoms with van der Waals surface area (Å²) in [6.45, 7) is 5.25. The first-order chi connectivity index (χ1) is 19.4. The van der Waals surface area contributed by atoms with Crippen molar-refractivity contribution in [1.29, 1.82) is 0 Å². The van der Waals surface area contributed by atoms with Crippen LogP contribution >= 0.6 is 0 Å². The summed E-state index contributed by atoms with van der Waals surface area (Å²) < 4.78 is 0. The van der Waals surface area contributed by atoms with Gasteiger partial charge in [0, 0.05) is 50.6 Å². The average Bonchev–Trinajstić information content (AvgIpc) is 3.61. The van der Waals surface area contributed by atoms with E-state index < -0.39 is 6.04 Å². The highest BCUT2D eigenvalue weighted by Crippen LogP contribution is 2.22. The van der Waals surface area contributed by atoms with Gasteiger partial charge in [0.1, 0.15) is 11.9 Å². The Balaban J connectivity index is 1.25. The first-order valence-corrected chi connectivity index (χ1v) is 13.8. The van der Waals surface area contributed by atoms with Gasteiger partial charge in [0.2, 0.25) is 17.8 Å². The Morgan fingerprint density at radius 1 is 1.27 bits per heavy atom. The Hall–Kier alpha value is -4.23. The Kier molecular flexibility index (Phi) is 10.2. The van der Waals surface area contributed by atoms with Gasteiger partial charge in [0.05, 0.1) is 18.3 Å². The number of hydrogen-bond donors (Lipinski definition) is 3. The van der Waals surface area contributed by atoms with Crippen LogP contribution in [0.15, 0.2) is 41.5 Å². The highest BCUT2D eigenvalue weighted by Gasteiger charge is 2.32. The number of unbranched alkanes of at least 4 members (excludes halogenated alkanes) is 1. The fourth-order valence-corrected chi connectivity index (χ4v) is 4.57. The molecule has 10 heteroatoms. The van der Waals surface area contributed by atoms with Crippen molar-refractivity contribution in [3.8, 4) is 11.8 Å². The number of hydrogen-bond acceptors (Lipinski definition) is 8. The van der Waals surface area contributed by atoms with Gasteiger partial charge in [-0.3, -0.25) is 14.6 Å². The van der Waals surface area contributed by atoms with Crippen LogP contribution in [-0.4, -0.2) is 84.1 Å². The van der Waals surface area contributed by atoms with Crippen LogP contribution in [0.3, 0.4) is 0 Å². The van der Waals surface area contributed by atoms with E-state index in [4.69, 9.17) is 0 Å². The summed E-state index contributed by atoms with van der Waals surface area (Å²) in [5.74, 6) is 7.29. The molecule has 3 heterocycles. The number of aromatic nitrogens is 2. The molecule has 1 fully saturated rings. The van der Waals surface area contributed by atoms with Crippen LogP contribution in [0.2, 0.25) is 0 Å². The summed E-state index contributed by atoms with van der Waals surface area (Å²) in [4.78, 5) is 42.2. The zero-order chi connectivity index (χ0) is 28.3. The molecule has 1 atom stereocenters. The maximum Gasteiger partial charge on any atom is 0.246 e. The quantitative estimate of drug-likeness (QED) is 0.227. The number of aliphatic imine (C=N–C) groups is 1. The summed E-state index contributed by atoms with van der Waals surface area (Å²) in [5.41, 5.74) is 3.95. The van der Waals surface area contributed by atoms with Gasteiger partial charge in [-0.25, -0.2) is 4.98 Å². The second-order valence-electron chi connectivity index (χ2n) is 10.0. The number of amides is 2. The van der Waals surface area contributed by atoms with Gasteiger partial charge in [-0.05, 0) is 63.5 Å². The predicted molar refractivity (Wildman–Crippen MR) is 159 cm³/mol. The van der Waals surface area contributed by atoms with Crippen LogP contribution < -0.4 is 16.0 Å². The number of benzene rings is 1. The largest absolute Gasteiger partial charge is 0.369 e. The number of carbonyl (C=O) groups is 2. The van der Waals surface area contributed by atoms with Crippen molar-refractivity contribution in [2.24, 2.45) is 4.99 Å². The van der Waals surface area contributed by atoms with Crippen LogP contribution in [-0.2, 0) is 16.1 Å². The van der Waals surface area contributed by atoms with Crippen molar-refractivity contribution in [3.05, 3.63) is 53.2 Å². The first-order valence-electron chi connectivity index (χ1n) is 13.8. The topological polar surface area (TPSA) is 115 Å². The highest BCUT2D eigenvalue weighted by molar-refractivity contribution is 5.93. The molecule has 2 amide bonds. The SMILES string of the molecule is CCNc1nc(Nc2ccc3c(c2)C=NC3)ncc1C#CCCCNC(=O)[C@@H]1CCCN1C(=O)/C=C/CN(C)C. The van der Waals surface area contributed by atoms with Crippen LogP contribution in [0.5, 0.6) is 0 Å². The monoisotopic (exact) mass is 542 g/mol. The van der Waals surface area contributed by atoms with Gasteiger partial charge < -0.3 is 25.8 Å². The van der Waals surface area contributed by atoms with Gasteiger partial charge in [0.15, 0.2) is 0 Å². The van der Waals surface area contributed by atoms with E-state index in [0.717, 1.165) is 29.8 Å². The molecule has 2 aliphatic rings. The van der Waals surface area contributed by atoms with Gasteiger partial charge >= 0.3 is 0 Å². The van der Waals surface area contributed by atoms with Crippen LogP contribution in [0.1, 0.15) is 49.3 Å². The molecular formula is C30H38N8O2. The summed E-state index contributed by atoms with van der Waals surface area (Å²) in [7, 11) is 3.89. The van der Waals surface area contributed by atoms with Gasteiger partial charge in [0.25, 0.3) is 0 Å². The maximum atomic E-state index is 12.7.